The summed E-state index contributed by atoms with van der Waals surface area (Å²) in [6.07, 6.45) is 1.14. The van der Waals surface area contributed by atoms with Crippen LogP contribution in [0.2, 0.25) is 0 Å². The smallest absolute Gasteiger partial charge is 0.244 e. The van der Waals surface area contributed by atoms with E-state index in [9.17, 15) is 9.59 Å². The number of imide groups is 1. The van der Waals surface area contributed by atoms with Crippen molar-refractivity contribution < 1.29 is 9.59 Å². The number of hydrogen-bond donors (Lipinski definition) is 2. The van der Waals surface area contributed by atoms with Crippen molar-refractivity contribution in [2.45, 2.75) is 25.4 Å². The molecule has 94 valence electrons. The van der Waals surface area contributed by atoms with Crippen molar-refractivity contribution in [3.63, 3.8) is 0 Å². The van der Waals surface area contributed by atoms with Crippen LogP contribution in [0.25, 0.3) is 0 Å². The average Bonchev–Trinajstić information content (AvgIpc) is 2.69. The van der Waals surface area contributed by atoms with Crippen molar-refractivity contribution in [3.8, 4) is 0 Å². The second-order valence-electron chi connectivity index (χ2n) is 4.84. The number of fused-ring (bicyclic) bond motifs is 1. The summed E-state index contributed by atoms with van der Waals surface area (Å²) in [5.74, 6) is -0.366. The van der Waals surface area contributed by atoms with Crippen LogP contribution in [0.15, 0.2) is 18.2 Å². The van der Waals surface area contributed by atoms with Gasteiger partial charge in [-0.05, 0) is 23.6 Å². The van der Waals surface area contributed by atoms with Gasteiger partial charge >= 0.3 is 0 Å². The Morgan fingerprint density at radius 2 is 2.17 bits per heavy atom. The van der Waals surface area contributed by atoms with Gasteiger partial charge in [-0.1, -0.05) is 12.1 Å². The molecular weight excluding hydrogens is 230 g/mol. The van der Waals surface area contributed by atoms with Crippen molar-refractivity contribution in [1.82, 2.24) is 10.2 Å². The lowest BCUT2D eigenvalue weighted by molar-refractivity contribution is -0.126. The third-order valence-corrected chi connectivity index (χ3v) is 3.72. The fraction of sp³-hybridized carbons (Fsp3) is 0.385. The van der Waals surface area contributed by atoms with Crippen LogP contribution in [-0.2, 0) is 22.6 Å². The van der Waals surface area contributed by atoms with Crippen molar-refractivity contribution in [2.24, 2.45) is 0 Å². The van der Waals surface area contributed by atoms with Gasteiger partial charge in [-0.15, -0.1) is 0 Å². The van der Waals surface area contributed by atoms with Crippen LogP contribution in [-0.4, -0.2) is 29.3 Å². The van der Waals surface area contributed by atoms with Gasteiger partial charge in [0.1, 0.15) is 0 Å². The van der Waals surface area contributed by atoms with Crippen LogP contribution in [0.3, 0.4) is 0 Å². The predicted molar refractivity (Wildman–Crippen MR) is 66.5 cm³/mol. The van der Waals surface area contributed by atoms with E-state index in [0.29, 0.717) is 6.54 Å². The Morgan fingerprint density at radius 1 is 1.33 bits per heavy atom. The van der Waals surface area contributed by atoms with Crippen LogP contribution < -0.4 is 11.1 Å². The summed E-state index contributed by atoms with van der Waals surface area (Å²) in [6, 6.07) is 5.58. The Bertz CT molecular complexity index is 527. The zero-order valence-corrected chi connectivity index (χ0v) is 9.98. The molecule has 5 heteroatoms. The molecule has 1 saturated heterocycles. The van der Waals surface area contributed by atoms with Gasteiger partial charge in [-0.3, -0.25) is 19.8 Å². The molecule has 0 aromatic heterocycles. The first-order chi connectivity index (χ1) is 8.65. The van der Waals surface area contributed by atoms with Crippen molar-refractivity contribution in [1.29, 1.82) is 0 Å². The van der Waals surface area contributed by atoms with E-state index >= 15 is 0 Å². The quantitative estimate of drug-likeness (QED) is 0.541. The monoisotopic (exact) mass is 245 g/mol. The van der Waals surface area contributed by atoms with Crippen molar-refractivity contribution in [3.05, 3.63) is 29.3 Å². The Labute approximate surface area is 105 Å². The number of anilines is 1. The first kappa shape index (κ1) is 11.2. The third-order valence-electron chi connectivity index (χ3n) is 3.72. The summed E-state index contributed by atoms with van der Waals surface area (Å²) in [5.41, 5.74) is 9.08. The third kappa shape index (κ3) is 1.76. The standard InChI is InChI=1S/C13H15N3O2/c14-10-3-1-2-8-4-5-16(7-9(8)10)11-6-12(17)15-13(11)18/h1-3,11H,4-7,14H2,(H,15,17,18). The number of nitrogens with one attached hydrogen (secondary N) is 1. The number of carbonyl (C=O) groups is 2. The molecule has 0 spiro atoms. The highest BCUT2D eigenvalue weighted by Gasteiger charge is 2.36. The van der Waals surface area contributed by atoms with Gasteiger partial charge in [0.25, 0.3) is 0 Å². The average molecular weight is 245 g/mol. The van der Waals surface area contributed by atoms with E-state index in [4.69, 9.17) is 5.73 Å². The van der Waals surface area contributed by atoms with Gasteiger partial charge < -0.3 is 5.73 Å². The van der Waals surface area contributed by atoms with Gasteiger partial charge in [0, 0.05) is 18.8 Å². The van der Waals surface area contributed by atoms with E-state index in [-0.39, 0.29) is 24.3 Å². The van der Waals surface area contributed by atoms with Crippen molar-refractivity contribution in [2.75, 3.05) is 12.3 Å². The van der Waals surface area contributed by atoms with E-state index in [1.807, 2.05) is 17.0 Å². The minimum absolute atomic E-state index is 0.182. The molecule has 0 radical (unpaired) electrons. The van der Waals surface area contributed by atoms with Gasteiger partial charge in [0.2, 0.25) is 11.8 Å². The highest BCUT2D eigenvalue weighted by molar-refractivity contribution is 6.05. The molecule has 1 fully saturated rings. The fourth-order valence-electron chi connectivity index (χ4n) is 2.73. The van der Waals surface area contributed by atoms with Gasteiger partial charge in [-0.25, -0.2) is 0 Å². The number of hydrogen-bond acceptors (Lipinski definition) is 4. The van der Waals surface area contributed by atoms with Crippen LogP contribution in [0, 0.1) is 0 Å². The Kier molecular flexibility index (Phi) is 2.56. The topological polar surface area (TPSA) is 75.4 Å². The molecule has 18 heavy (non-hydrogen) atoms. The van der Waals surface area contributed by atoms with E-state index in [0.717, 1.165) is 24.2 Å². The number of rotatable bonds is 1. The normalized spacial score (nSPS) is 23.9. The van der Waals surface area contributed by atoms with Crippen molar-refractivity contribution >= 4 is 17.5 Å². The number of benzene rings is 1. The molecule has 2 heterocycles. The minimum Gasteiger partial charge on any atom is -0.398 e. The zero-order chi connectivity index (χ0) is 12.7. The maximum Gasteiger partial charge on any atom is 0.244 e. The van der Waals surface area contributed by atoms with Crippen LogP contribution in [0.1, 0.15) is 17.5 Å². The van der Waals surface area contributed by atoms with Gasteiger partial charge in [0.15, 0.2) is 0 Å². The summed E-state index contributed by atoms with van der Waals surface area (Å²) in [5, 5.41) is 2.35. The summed E-state index contributed by atoms with van der Waals surface area (Å²) >= 11 is 0. The molecule has 0 saturated carbocycles. The predicted octanol–water partition coefficient (Wildman–Crippen LogP) is 0.0420. The summed E-state index contributed by atoms with van der Waals surface area (Å²) in [7, 11) is 0. The Hall–Kier alpha value is -1.88. The van der Waals surface area contributed by atoms with E-state index < -0.39 is 0 Å². The molecule has 1 aromatic rings. The summed E-state index contributed by atoms with van der Waals surface area (Å²) < 4.78 is 0. The van der Waals surface area contributed by atoms with E-state index in [2.05, 4.69) is 11.4 Å². The SMILES string of the molecule is Nc1cccc2c1CN(C1CC(=O)NC1=O)CC2. The molecule has 2 amide bonds. The molecule has 1 unspecified atom stereocenters. The van der Waals surface area contributed by atoms with Crippen LogP contribution >= 0.6 is 0 Å². The molecule has 3 rings (SSSR count). The minimum atomic E-state index is -0.328. The Morgan fingerprint density at radius 3 is 2.89 bits per heavy atom. The molecule has 0 aliphatic carbocycles. The lowest BCUT2D eigenvalue weighted by atomic mass is 9.96. The molecular formula is C13H15N3O2. The van der Waals surface area contributed by atoms with E-state index in [1.54, 1.807) is 0 Å². The van der Waals surface area contributed by atoms with Gasteiger partial charge in [-0.2, -0.15) is 0 Å². The second-order valence-corrected chi connectivity index (χ2v) is 4.84. The maximum absolute atomic E-state index is 11.7. The lowest BCUT2D eigenvalue weighted by Gasteiger charge is -2.32. The molecule has 2 aliphatic rings. The van der Waals surface area contributed by atoms with Gasteiger partial charge in [0.05, 0.1) is 12.5 Å². The summed E-state index contributed by atoms with van der Waals surface area (Å²) in [4.78, 5) is 25.0. The maximum atomic E-state index is 11.7. The summed E-state index contributed by atoms with van der Waals surface area (Å²) in [6.45, 7) is 1.44. The molecule has 3 N–H and O–H groups in total. The zero-order valence-electron chi connectivity index (χ0n) is 9.98. The first-order valence-corrected chi connectivity index (χ1v) is 6.09. The molecule has 0 bridgehead atoms. The largest absolute Gasteiger partial charge is 0.398 e. The first-order valence-electron chi connectivity index (χ1n) is 6.09. The number of nitrogens with two attached hydrogens (primary N) is 1. The fourth-order valence-corrected chi connectivity index (χ4v) is 2.73. The molecule has 1 aromatic carbocycles. The highest BCUT2D eigenvalue weighted by atomic mass is 16.2. The number of nitrogens with zero attached hydrogens (tertiary/aromatic N) is 1. The van der Waals surface area contributed by atoms with E-state index in [1.165, 1.54) is 5.56 Å². The second kappa shape index (κ2) is 4.10. The number of nitrogen functional groups attached to an aromatic ring is 1. The number of amides is 2. The lowest BCUT2D eigenvalue weighted by Crippen LogP contribution is -2.43. The highest BCUT2D eigenvalue weighted by Crippen LogP contribution is 2.26. The van der Waals surface area contributed by atoms with Crippen LogP contribution in [0.5, 0.6) is 0 Å². The molecule has 5 nitrogen and oxygen atoms in total. The van der Waals surface area contributed by atoms with Crippen LogP contribution in [0.4, 0.5) is 5.69 Å². The number of carbonyl (C=O) groups excluding carboxylic acids is 2. The molecule has 1 atom stereocenters. The molecule has 2 aliphatic heterocycles. The Balaban J connectivity index is 1.85.